The SMILES string of the molecule is O=C(NC[C@@H]1CCCO1)N1CC[C@@]2(O)CCCC[C@@H]2C1. The van der Waals surface area contributed by atoms with Crippen LogP contribution in [0.1, 0.15) is 44.9 Å². The number of aliphatic hydroxyl groups is 1. The van der Waals surface area contributed by atoms with Crippen molar-refractivity contribution in [1.82, 2.24) is 10.2 Å². The van der Waals surface area contributed by atoms with E-state index < -0.39 is 5.60 Å². The summed E-state index contributed by atoms with van der Waals surface area (Å²) in [6, 6.07) is 0.00752. The molecule has 0 aromatic heterocycles. The Labute approximate surface area is 120 Å². The molecule has 3 atom stereocenters. The Morgan fingerprint density at radius 1 is 1.30 bits per heavy atom. The number of piperidine rings is 1. The van der Waals surface area contributed by atoms with Crippen molar-refractivity contribution in [3.63, 3.8) is 0 Å². The Balaban J connectivity index is 1.49. The maximum atomic E-state index is 12.2. The van der Waals surface area contributed by atoms with Gasteiger partial charge in [-0.05, 0) is 32.1 Å². The second-order valence-electron chi connectivity index (χ2n) is 6.56. The number of carbonyl (C=O) groups is 1. The molecule has 2 saturated heterocycles. The molecule has 0 aromatic rings. The highest BCUT2D eigenvalue weighted by Crippen LogP contribution is 2.39. The summed E-state index contributed by atoms with van der Waals surface area (Å²) < 4.78 is 5.52. The molecule has 5 heteroatoms. The summed E-state index contributed by atoms with van der Waals surface area (Å²) in [4.78, 5) is 14.1. The lowest BCUT2D eigenvalue weighted by Crippen LogP contribution is -2.56. The van der Waals surface area contributed by atoms with Crippen molar-refractivity contribution < 1.29 is 14.6 Å². The Kier molecular flexibility index (Phi) is 4.17. The van der Waals surface area contributed by atoms with Crippen LogP contribution < -0.4 is 5.32 Å². The molecule has 3 aliphatic rings. The molecule has 20 heavy (non-hydrogen) atoms. The Bertz CT molecular complexity index is 357. The molecule has 0 spiro atoms. The molecule has 0 unspecified atom stereocenters. The van der Waals surface area contributed by atoms with Gasteiger partial charge in [0.25, 0.3) is 0 Å². The van der Waals surface area contributed by atoms with E-state index in [1.165, 1.54) is 6.42 Å². The number of carbonyl (C=O) groups excluding carboxylic acids is 1. The second kappa shape index (κ2) is 5.90. The van der Waals surface area contributed by atoms with Gasteiger partial charge in [-0.1, -0.05) is 12.8 Å². The Hall–Kier alpha value is -0.810. The summed E-state index contributed by atoms with van der Waals surface area (Å²) in [6.07, 6.45) is 7.31. The Morgan fingerprint density at radius 3 is 3.00 bits per heavy atom. The number of rotatable bonds is 2. The minimum Gasteiger partial charge on any atom is -0.389 e. The van der Waals surface area contributed by atoms with Gasteiger partial charge in [0, 0.05) is 32.2 Å². The summed E-state index contributed by atoms with van der Waals surface area (Å²) in [5.41, 5.74) is -0.510. The van der Waals surface area contributed by atoms with Crippen molar-refractivity contribution in [2.24, 2.45) is 5.92 Å². The van der Waals surface area contributed by atoms with Gasteiger partial charge in [-0.2, -0.15) is 0 Å². The highest BCUT2D eigenvalue weighted by atomic mass is 16.5. The molecule has 5 nitrogen and oxygen atoms in total. The highest BCUT2D eigenvalue weighted by molar-refractivity contribution is 5.74. The first-order valence-electron chi connectivity index (χ1n) is 8.04. The van der Waals surface area contributed by atoms with Crippen LogP contribution in [0.3, 0.4) is 0 Å². The first-order valence-corrected chi connectivity index (χ1v) is 8.04. The summed E-state index contributed by atoms with van der Waals surface area (Å²) in [6.45, 7) is 2.81. The van der Waals surface area contributed by atoms with Gasteiger partial charge in [0.05, 0.1) is 11.7 Å². The molecule has 1 aliphatic carbocycles. The van der Waals surface area contributed by atoms with Crippen LogP contribution in [0.15, 0.2) is 0 Å². The van der Waals surface area contributed by atoms with Gasteiger partial charge in [-0.15, -0.1) is 0 Å². The number of fused-ring (bicyclic) bond motifs is 1. The summed E-state index contributed by atoms with van der Waals surface area (Å²) in [7, 11) is 0. The first-order chi connectivity index (χ1) is 9.67. The zero-order chi connectivity index (χ0) is 14.0. The molecule has 2 N–H and O–H groups in total. The molecule has 3 fully saturated rings. The number of nitrogens with zero attached hydrogens (tertiary/aromatic N) is 1. The summed E-state index contributed by atoms with van der Waals surface area (Å²) in [5, 5.41) is 13.6. The Morgan fingerprint density at radius 2 is 2.20 bits per heavy atom. The minimum atomic E-state index is -0.510. The van der Waals surface area contributed by atoms with Crippen LogP contribution >= 0.6 is 0 Å². The average Bonchev–Trinajstić information content (AvgIpc) is 2.97. The summed E-state index contributed by atoms with van der Waals surface area (Å²) in [5.74, 6) is 0.262. The third kappa shape index (κ3) is 2.93. The molecule has 2 amide bonds. The summed E-state index contributed by atoms with van der Waals surface area (Å²) >= 11 is 0. The topological polar surface area (TPSA) is 61.8 Å². The predicted molar refractivity (Wildman–Crippen MR) is 75.5 cm³/mol. The third-order valence-electron chi connectivity index (χ3n) is 5.22. The van der Waals surface area contributed by atoms with Crippen molar-refractivity contribution in [3.8, 4) is 0 Å². The van der Waals surface area contributed by atoms with Gasteiger partial charge < -0.3 is 20.1 Å². The molecular formula is C15H26N2O3. The molecule has 0 aromatic carbocycles. The van der Waals surface area contributed by atoms with E-state index >= 15 is 0 Å². The van der Waals surface area contributed by atoms with Gasteiger partial charge in [0.1, 0.15) is 0 Å². The fourth-order valence-corrected chi connectivity index (χ4v) is 3.87. The van der Waals surface area contributed by atoms with E-state index in [2.05, 4.69) is 5.32 Å². The second-order valence-corrected chi connectivity index (χ2v) is 6.56. The fourth-order valence-electron chi connectivity index (χ4n) is 3.87. The third-order valence-corrected chi connectivity index (χ3v) is 5.22. The molecule has 0 radical (unpaired) electrons. The van der Waals surface area contributed by atoms with Crippen LogP contribution in [0.4, 0.5) is 4.79 Å². The smallest absolute Gasteiger partial charge is 0.317 e. The largest absolute Gasteiger partial charge is 0.389 e. The van der Waals surface area contributed by atoms with Gasteiger partial charge in [-0.25, -0.2) is 4.79 Å². The van der Waals surface area contributed by atoms with Crippen molar-refractivity contribution in [1.29, 1.82) is 0 Å². The average molecular weight is 282 g/mol. The van der Waals surface area contributed by atoms with Crippen molar-refractivity contribution in [2.45, 2.75) is 56.7 Å². The standard InChI is InChI=1S/C15H26N2O3/c18-14(16-10-13-5-3-9-20-13)17-8-7-15(19)6-2-1-4-12(15)11-17/h12-13,19H,1-11H2,(H,16,18)/t12-,13+,15+/m1/s1. The van der Waals surface area contributed by atoms with Crippen molar-refractivity contribution in [3.05, 3.63) is 0 Å². The monoisotopic (exact) mass is 282 g/mol. The van der Waals surface area contributed by atoms with Gasteiger partial charge in [-0.3, -0.25) is 0 Å². The van der Waals surface area contributed by atoms with Gasteiger partial charge in [0.15, 0.2) is 0 Å². The molecule has 2 heterocycles. The molecule has 3 rings (SSSR count). The molecule has 1 saturated carbocycles. The maximum Gasteiger partial charge on any atom is 0.317 e. The number of hydrogen-bond donors (Lipinski definition) is 2. The molecule has 114 valence electrons. The van der Waals surface area contributed by atoms with Crippen LogP contribution in [0.5, 0.6) is 0 Å². The van der Waals surface area contributed by atoms with E-state index in [1.807, 2.05) is 4.90 Å². The number of likely N-dealkylation sites (tertiary alicyclic amines) is 1. The van der Waals surface area contributed by atoms with Crippen LogP contribution in [-0.2, 0) is 4.74 Å². The van der Waals surface area contributed by atoms with E-state index in [0.29, 0.717) is 19.6 Å². The molecular weight excluding hydrogens is 256 g/mol. The number of amides is 2. The van der Waals surface area contributed by atoms with Gasteiger partial charge in [0.2, 0.25) is 0 Å². The normalized spacial score (nSPS) is 37.5. The maximum absolute atomic E-state index is 12.2. The van der Waals surface area contributed by atoms with E-state index in [1.54, 1.807) is 0 Å². The van der Waals surface area contributed by atoms with Crippen molar-refractivity contribution >= 4 is 6.03 Å². The number of nitrogens with one attached hydrogen (secondary N) is 1. The molecule has 0 bridgehead atoms. The zero-order valence-corrected chi connectivity index (χ0v) is 12.1. The number of ether oxygens (including phenoxy) is 1. The molecule has 2 aliphatic heterocycles. The zero-order valence-electron chi connectivity index (χ0n) is 12.1. The van der Waals surface area contributed by atoms with Crippen LogP contribution in [0, 0.1) is 5.92 Å². The lowest BCUT2D eigenvalue weighted by Gasteiger charge is -2.47. The quantitative estimate of drug-likeness (QED) is 0.807. The predicted octanol–water partition coefficient (Wildman–Crippen LogP) is 1.50. The minimum absolute atomic E-state index is 0.00752. The van der Waals surface area contributed by atoms with Crippen LogP contribution in [0.2, 0.25) is 0 Å². The van der Waals surface area contributed by atoms with Crippen LogP contribution in [0.25, 0.3) is 0 Å². The fraction of sp³-hybridized carbons (Fsp3) is 0.933. The van der Waals surface area contributed by atoms with Crippen molar-refractivity contribution in [2.75, 3.05) is 26.2 Å². The number of hydrogen-bond acceptors (Lipinski definition) is 3. The number of urea groups is 1. The van der Waals surface area contributed by atoms with E-state index in [-0.39, 0.29) is 18.1 Å². The van der Waals surface area contributed by atoms with E-state index in [4.69, 9.17) is 4.74 Å². The van der Waals surface area contributed by atoms with Gasteiger partial charge >= 0.3 is 6.03 Å². The highest BCUT2D eigenvalue weighted by Gasteiger charge is 2.43. The lowest BCUT2D eigenvalue weighted by atomic mass is 9.71. The first kappa shape index (κ1) is 14.1. The van der Waals surface area contributed by atoms with E-state index in [0.717, 1.165) is 45.1 Å². The van der Waals surface area contributed by atoms with Crippen LogP contribution in [-0.4, -0.2) is 54.0 Å². The van der Waals surface area contributed by atoms with E-state index in [9.17, 15) is 9.90 Å². The lowest BCUT2D eigenvalue weighted by molar-refractivity contribution is -0.0871.